The van der Waals surface area contributed by atoms with E-state index in [-0.39, 0.29) is 18.9 Å². The zero-order valence-electron chi connectivity index (χ0n) is 15.5. The number of carbonyl (C=O) groups is 1. The summed E-state index contributed by atoms with van der Waals surface area (Å²) in [6.07, 6.45) is 1.67. The lowest BCUT2D eigenvalue weighted by Gasteiger charge is -2.24. The Bertz CT molecular complexity index is 916. The number of halogens is 1. The molecular formula is C19H23ClN2O4S. The second-order valence-corrected chi connectivity index (χ2v) is 8.39. The summed E-state index contributed by atoms with van der Waals surface area (Å²) in [5, 5.41) is 3.28. The Kier molecular flexibility index (Phi) is 7.10. The summed E-state index contributed by atoms with van der Waals surface area (Å²) in [6, 6.07) is 12.2. The predicted octanol–water partition coefficient (Wildman–Crippen LogP) is 3.84. The van der Waals surface area contributed by atoms with Crippen molar-refractivity contribution in [3.8, 4) is 5.75 Å². The van der Waals surface area contributed by atoms with Crippen LogP contribution in [-0.4, -0.2) is 34.2 Å². The standard InChI is InChI=1S/C19H23ClN2O4S/c1-14-15(20)8-6-10-17(14)22(27(3,24)25)13-7-12-19(23)21-16-9-4-5-11-18(16)26-2/h4-6,8-11H,7,12-13H2,1-3H3,(H,21,23). The summed E-state index contributed by atoms with van der Waals surface area (Å²) in [7, 11) is -1.97. The van der Waals surface area contributed by atoms with E-state index >= 15 is 0 Å². The van der Waals surface area contributed by atoms with E-state index < -0.39 is 10.0 Å². The van der Waals surface area contributed by atoms with Gasteiger partial charge in [-0.3, -0.25) is 9.10 Å². The minimum atomic E-state index is -3.50. The van der Waals surface area contributed by atoms with E-state index in [1.165, 1.54) is 11.4 Å². The van der Waals surface area contributed by atoms with Crippen LogP contribution in [0.25, 0.3) is 0 Å². The van der Waals surface area contributed by atoms with E-state index in [0.29, 0.717) is 34.1 Å². The van der Waals surface area contributed by atoms with Crippen LogP contribution in [0.2, 0.25) is 5.02 Å². The molecule has 0 unspecified atom stereocenters. The lowest BCUT2D eigenvalue weighted by atomic mass is 10.2. The number of nitrogens with one attached hydrogen (secondary N) is 1. The van der Waals surface area contributed by atoms with Crippen molar-refractivity contribution >= 4 is 38.9 Å². The number of nitrogens with zero attached hydrogens (tertiary/aromatic N) is 1. The Morgan fingerprint density at radius 1 is 1.19 bits per heavy atom. The number of sulfonamides is 1. The molecule has 2 rings (SSSR count). The number of rotatable bonds is 8. The van der Waals surface area contributed by atoms with Crippen LogP contribution >= 0.6 is 11.6 Å². The smallest absolute Gasteiger partial charge is 0.232 e. The molecule has 0 aliphatic carbocycles. The number of para-hydroxylation sites is 2. The normalized spacial score (nSPS) is 11.1. The van der Waals surface area contributed by atoms with Gasteiger partial charge in [0.05, 0.1) is 24.7 Å². The molecule has 0 radical (unpaired) electrons. The molecule has 0 atom stereocenters. The van der Waals surface area contributed by atoms with Gasteiger partial charge in [-0.1, -0.05) is 29.8 Å². The number of hydrogen-bond donors (Lipinski definition) is 1. The van der Waals surface area contributed by atoms with Gasteiger partial charge in [0, 0.05) is 18.0 Å². The maximum absolute atomic E-state index is 12.2. The highest BCUT2D eigenvalue weighted by atomic mass is 35.5. The molecule has 0 aromatic heterocycles. The quantitative estimate of drug-likeness (QED) is 0.717. The maximum atomic E-state index is 12.2. The molecule has 27 heavy (non-hydrogen) atoms. The first-order chi connectivity index (χ1) is 12.7. The van der Waals surface area contributed by atoms with Crippen molar-refractivity contribution in [2.45, 2.75) is 19.8 Å². The monoisotopic (exact) mass is 410 g/mol. The van der Waals surface area contributed by atoms with Gasteiger partial charge in [-0.05, 0) is 43.2 Å². The minimum absolute atomic E-state index is 0.170. The van der Waals surface area contributed by atoms with E-state index in [1.807, 2.05) is 6.07 Å². The highest BCUT2D eigenvalue weighted by Gasteiger charge is 2.20. The minimum Gasteiger partial charge on any atom is -0.495 e. The first kappa shape index (κ1) is 21.1. The van der Waals surface area contributed by atoms with Gasteiger partial charge in [0.2, 0.25) is 15.9 Å². The molecule has 0 fully saturated rings. The third-order valence-electron chi connectivity index (χ3n) is 4.05. The molecule has 0 heterocycles. The van der Waals surface area contributed by atoms with Crippen molar-refractivity contribution in [2.24, 2.45) is 0 Å². The molecule has 0 saturated heterocycles. The van der Waals surface area contributed by atoms with Gasteiger partial charge in [-0.15, -0.1) is 0 Å². The van der Waals surface area contributed by atoms with E-state index in [9.17, 15) is 13.2 Å². The summed E-state index contributed by atoms with van der Waals surface area (Å²) < 4.78 is 30.9. The van der Waals surface area contributed by atoms with Crippen LogP contribution in [0.1, 0.15) is 18.4 Å². The average molecular weight is 411 g/mol. The zero-order valence-corrected chi connectivity index (χ0v) is 17.1. The van der Waals surface area contributed by atoms with Gasteiger partial charge in [-0.2, -0.15) is 0 Å². The zero-order chi connectivity index (χ0) is 20.0. The van der Waals surface area contributed by atoms with Crippen molar-refractivity contribution < 1.29 is 17.9 Å². The first-order valence-corrected chi connectivity index (χ1v) is 10.6. The second kappa shape index (κ2) is 9.10. The average Bonchev–Trinajstić information content (AvgIpc) is 2.61. The number of carbonyl (C=O) groups excluding carboxylic acids is 1. The van der Waals surface area contributed by atoms with Gasteiger partial charge >= 0.3 is 0 Å². The lowest BCUT2D eigenvalue weighted by Crippen LogP contribution is -2.32. The third-order valence-corrected chi connectivity index (χ3v) is 5.64. The molecule has 8 heteroatoms. The Balaban J connectivity index is 2.04. The topological polar surface area (TPSA) is 75.7 Å². The van der Waals surface area contributed by atoms with Gasteiger partial charge in [0.15, 0.2) is 0 Å². The van der Waals surface area contributed by atoms with E-state index in [1.54, 1.807) is 43.3 Å². The summed E-state index contributed by atoms with van der Waals surface area (Å²) in [6.45, 7) is 1.95. The predicted molar refractivity (Wildman–Crippen MR) is 109 cm³/mol. The maximum Gasteiger partial charge on any atom is 0.232 e. The van der Waals surface area contributed by atoms with Crippen LogP contribution in [0, 0.1) is 6.92 Å². The number of amides is 1. The number of methoxy groups -OCH3 is 1. The van der Waals surface area contributed by atoms with E-state index in [0.717, 1.165) is 6.26 Å². The fraction of sp³-hybridized carbons (Fsp3) is 0.316. The highest BCUT2D eigenvalue weighted by Crippen LogP contribution is 2.28. The number of benzene rings is 2. The first-order valence-electron chi connectivity index (χ1n) is 8.39. The highest BCUT2D eigenvalue weighted by molar-refractivity contribution is 7.92. The Morgan fingerprint density at radius 2 is 1.89 bits per heavy atom. The third kappa shape index (κ3) is 5.61. The molecule has 0 bridgehead atoms. The molecule has 0 aliphatic rings. The molecule has 1 amide bonds. The Labute approximate surface area is 165 Å². The molecule has 2 aromatic carbocycles. The molecule has 0 spiro atoms. The van der Waals surface area contributed by atoms with Crippen LogP contribution in [-0.2, 0) is 14.8 Å². The van der Waals surface area contributed by atoms with Crippen LogP contribution in [0.4, 0.5) is 11.4 Å². The lowest BCUT2D eigenvalue weighted by molar-refractivity contribution is -0.116. The van der Waals surface area contributed by atoms with Crippen molar-refractivity contribution in [3.05, 3.63) is 53.1 Å². The summed E-state index contributed by atoms with van der Waals surface area (Å²) >= 11 is 6.11. The number of anilines is 2. The van der Waals surface area contributed by atoms with E-state index in [4.69, 9.17) is 16.3 Å². The second-order valence-electron chi connectivity index (χ2n) is 6.07. The van der Waals surface area contributed by atoms with Crippen molar-refractivity contribution in [3.63, 3.8) is 0 Å². The van der Waals surface area contributed by atoms with Gasteiger partial charge in [-0.25, -0.2) is 8.42 Å². The Hall–Kier alpha value is -2.25. The molecule has 6 nitrogen and oxygen atoms in total. The van der Waals surface area contributed by atoms with E-state index in [2.05, 4.69) is 5.32 Å². The summed E-state index contributed by atoms with van der Waals surface area (Å²) in [5.41, 5.74) is 1.79. The Morgan fingerprint density at radius 3 is 2.56 bits per heavy atom. The molecule has 0 aliphatic heterocycles. The van der Waals surface area contributed by atoms with Crippen LogP contribution in [0.5, 0.6) is 5.75 Å². The van der Waals surface area contributed by atoms with Crippen LogP contribution in [0.15, 0.2) is 42.5 Å². The fourth-order valence-corrected chi connectivity index (χ4v) is 3.86. The largest absolute Gasteiger partial charge is 0.495 e. The summed E-state index contributed by atoms with van der Waals surface area (Å²) in [5.74, 6) is 0.355. The molecule has 0 saturated carbocycles. The summed E-state index contributed by atoms with van der Waals surface area (Å²) in [4.78, 5) is 12.2. The number of ether oxygens (including phenoxy) is 1. The number of hydrogen-bond acceptors (Lipinski definition) is 4. The van der Waals surface area contributed by atoms with Crippen molar-refractivity contribution in [2.75, 3.05) is 29.5 Å². The van der Waals surface area contributed by atoms with Gasteiger partial charge in [0.1, 0.15) is 5.75 Å². The van der Waals surface area contributed by atoms with Gasteiger partial charge in [0.25, 0.3) is 0 Å². The molecule has 146 valence electrons. The molecular weight excluding hydrogens is 388 g/mol. The fourth-order valence-electron chi connectivity index (χ4n) is 2.68. The van der Waals surface area contributed by atoms with Gasteiger partial charge < -0.3 is 10.1 Å². The van der Waals surface area contributed by atoms with Crippen molar-refractivity contribution in [1.82, 2.24) is 0 Å². The van der Waals surface area contributed by atoms with Crippen LogP contribution in [0.3, 0.4) is 0 Å². The SMILES string of the molecule is COc1ccccc1NC(=O)CCCN(c1cccc(Cl)c1C)S(C)(=O)=O. The van der Waals surface area contributed by atoms with Crippen LogP contribution < -0.4 is 14.4 Å². The molecule has 1 N–H and O–H groups in total. The molecule has 2 aromatic rings. The van der Waals surface area contributed by atoms with Crippen molar-refractivity contribution in [1.29, 1.82) is 0 Å².